The summed E-state index contributed by atoms with van der Waals surface area (Å²) in [5.41, 5.74) is 2.00. The lowest BCUT2D eigenvalue weighted by Crippen LogP contribution is -2.02. The van der Waals surface area contributed by atoms with Crippen LogP contribution in [0.4, 0.5) is 5.82 Å². The second kappa shape index (κ2) is 5.65. The molecule has 0 aliphatic carbocycles. The van der Waals surface area contributed by atoms with Gasteiger partial charge < -0.3 is 5.32 Å². The Kier molecular flexibility index (Phi) is 3.54. The molecule has 1 aromatic carbocycles. The minimum absolute atomic E-state index is 0.859. The number of nitrogens with zero attached hydrogens (tertiary/aromatic N) is 3. The van der Waals surface area contributed by atoms with Crippen molar-refractivity contribution in [1.82, 2.24) is 15.0 Å². The van der Waals surface area contributed by atoms with Crippen LogP contribution in [0.15, 0.2) is 49.1 Å². The van der Waals surface area contributed by atoms with Crippen molar-refractivity contribution in [2.75, 3.05) is 11.9 Å². The van der Waals surface area contributed by atoms with Gasteiger partial charge in [-0.15, -0.1) is 0 Å². The lowest BCUT2D eigenvalue weighted by atomic mass is 10.0. The molecule has 0 saturated heterocycles. The maximum atomic E-state index is 4.39. The topological polar surface area (TPSA) is 50.7 Å². The Morgan fingerprint density at radius 3 is 3.00 bits per heavy atom. The predicted molar refractivity (Wildman–Crippen MR) is 81.5 cm³/mol. The Hall–Kier alpha value is -2.49. The fraction of sp³-hybridized carbons (Fsp3) is 0.188. The minimum atomic E-state index is 0.859. The molecule has 2 heterocycles. The van der Waals surface area contributed by atoms with Crippen molar-refractivity contribution in [2.24, 2.45) is 0 Å². The van der Waals surface area contributed by atoms with E-state index in [2.05, 4.69) is 39.3 Å². The standard InChI is InChI=1S/C16H16N4/c1-2-7-18-16-9-15(19-11-20-16)13-5-3-4-12-6-8-17-10-14(12)13/h3-6,8-11H,2,7H2,1H3,(H,18,19,20). The van der Waals surface area contributed by atoms with Gasteiger partial charge in [0.15, 0.2) is 0 Å². The van der Waals surface area contributed by atoms with Crippen LogP contribution in [0.1, 0.15) is 13.3 Å². The zero-order valence-corrected chi connectivity index (χ0v) is 11.4. The molecule has 0 aliphatic heterocycles. The molecule has 0 spiro atoms. The summed E-state index contributed by atoms with van der Waals surface area (Å²) in [6.45, 7) is 3.04. The first-order chi connectivity index (χ1) is 9.88. The lowest BCUT2D eigenvalue weighted by molar-refractivity contribution is 0.965. The van der Waals surface area contributed by atoms with E-state index in [0.717, 1.165) is 35.4 Å². The van der Waals surface area contributed by atoms with Crippen molar-refractivity contribution in [2.45, 2.75) is 13.3 Å². The summed E-state index contributed by atoms with van der Waals surface area (Å²) in [5, 5.41) is 5.56. The minimum Gasteiger partial charge on any atom is -0.370 e. The summed E-state index contributed by atoms with van der Waals surface area (Å²) in [4.78, 5) is 12.8. The van der Waals surface area contributed by atoms with Crippen molar-refractivity contribution >= 4 is 16.6 Å². The molecule has 0 fully saturated rings. The zero-order valence-electron chi connectivity index (χ0n) is 11.4. The Labute approximate surface area is 117 Å². The molecule has 3 rings (SSSR count). The first-order valence-corrected chi connectivity index (χ1v) is 6.77. The number of aromatic nitrogens is 3. The highest BCUT2D eigenvalue weighted by Crippen LogP contribution is 2.27. The van der Waals surface area contributed by atoms with Gasteiger partial charge in [0.1, 0.15) is 12.1 Å². The molecule has 4 nitrogen and oxygen atoms in total. The molecule has 0 aliphatic rings. The summed E-state index contributed by atoms with van der Waals surface area (Å²) in [6.07, 6.45) is 6.35. The average molecular weight is 264 g/mol. The Balaban J connectivity index is 2.06. The van der Waals surface area contributed by atoms with Crippen LogP contribution in [0.25, 0.3) is 22.0 Å². The number of hydrogen-bond acceptors (Lipinski definition) is 4. The Morgan fingerprint density at radius 1 is 1.15 bits per heavy atom. The molecule has 0 atom stereocenters. The molecule has 100 valence electrons. The predicted octanol–water partition coefficient (Wildman–Crippen LogP) is 3.51. The van der Waals surface area contributed by atoms with E-state index in [1.54, 1.807) is 12.5 Å². The number of rotatable bonds is 4. The molecule has 0 saturated carbocycles. The third-order valence-corrected chi connectivity index (χ3v) is 3.18. The van der Waals surface area contributed by atoms with Gasteiger partial charge in [0, 0.05) is 36.0 Å². The molecular formula is C16H16N4. The molecular weight excluding hydrogens is 248 g/mol. The van der Waals surface area contributed by atoms with Gasteiger partial charge in [-0.3, -0.25) is 4.98 Å². The Bertz CT molecular complexity index is 719. The normalized spacial score (nSPS) is 10.7. The lowest BCUT2D eigenvalue weighted by Gasteiger charge is -2.08. The van der Waals surface area contributed by atoms with Crippen molar-refractivity contribution < 1.29 is 0 Å². The van der Waals surface area contributed by atoms with Gasteiger partial charge in [-0.1, -0.05) is 25.1 Å². The molecule has 4 heteroatoms. The summed E-state index contributed by atoms with van der Waals surface area (Å²) in [6, 6.07) is 10.2. The highest BCUT2D eigenvalue weighted by Gasteiger charge is 2.06. The summed E-state index contributed by atoms with van der Waals surface area (Å²) >= 11 is 0. The third-order valence-electron chi connectivity index (χ3n) is 3.18. The number of benzene rings is 1. The SMILES string of the molecule is CCCNc1cc(-c2cccc3ccncc23)ncn1. The highest BCUT2D eigenvalue weighted by molar-refractivity contribution is 5.95. The first-order valence-electron chi connectivity index (χ1n) is 6.77. The number of nitrogens with one attached hydrogen (secondary N) is 1. The van der Waals surface area contributed by atoms with Crippen molar-refractivity contribution in [1.29, 1.82) is 0 Å². The van der Waals surface area contributed by atoms with E-state index in [9.17, 15) is 0 Å². The van der Waals surface area contributed by atoms with E-state index in [4.69, 9.17) is 0 Å². The number of pyridine rings is 1. The van der Waals surface area contributed by atoms with Crippen LogP contribution in [0.2, 0.25) is 0 Å². The summed E-state index contributed by atoms with van der Waals surface area (Å²) in [7, 11) is 0. The maximum Gasteiger partial charge on any atom is 0.129 e. The fourth-order valence-corrected chi connectivity index (χ4v) is 2.19. The van der Waals surface area contributed by atoms with Crippen molar-refractivity contribution in [3.63, 3.8) is 0 Å². The van der Waals surface area contributed by atoms with Crippen LogP contribution in [0, 0.1) is 0 Å². The smallest absolute Gasteiger partial charge is 0.129 e. The van der Waals surface area contributed by atoms with Gasteiger partial charge in [0.05, 0.1) is 5.69 Å². The molecule has 0 unspecified atom stereocenters. The van der Waals surface area contributed by atoms with Crippen LogP contribution in [-0.4, -0.2) is 21.5 Å². The van der Waals surface area contributed by atoms with Gasteiger partial charge in [0.25, 0.3) is 0 Å². The fourth-order valence-electron chi connectivity index (χ4n) is 2.19. The second-order valence-corrected chi connectivity index (χ2v) is 4.62. The molecule has 0 radical (unpaired) electrons. The molecule has 1 N–H and O–H groups in total. The average Bonchev–Trinajstić information content (AvgIpc) is 2.52. The summed E-state index contributed by atoms with van der Waals surface area (Å²) in [5.74, 6) is 0.859. The number of hydrogen-bond donors (Lipinski definition) is 1. The largest absolute Gasteiger partial charge is 0.370 e. The van der Waals surface area contributed by atoms with Crippen molar-refractivity contribution in [3.05, 3.63) is 49.1 Å². The van der Waals surface area contributed by atoms with Gasteiger partial charge >= 0.3 is 0 Å². The monoisotopic (exact) mass is 264 g/mol. The zero-order chi connectivity index (χ0) is 13.8. The molecule has 20 heavy (non-hydrogen) atoms. The van der Waals surface area contributed by atoms with E-state index in [1.165, 1.54) is 5.39 Å². The van der Waals surface area contributed by atoms with E-state index >= 15 is 0 Å². The highest BCUT2D eigenvalue weighted by atomic mass is 15.0. The quantitative estimate of drug-likeness (QED) is 0.783. The maximum absolute atomic E-state index is 4.39. The molecule has 0 amide bonds. The van der Waals surface area contributed by atoms with Crippen LogP contribution >= 0.6 is 0 Å². The molecule has 3 aromatic rings. The Morgan fingerprint density at radius 2 is 2.10 bits per heavy atom. The van der Waals surface area contributed by atoms with Gasteiger partial charge in [-0.2, -0.15) is 0 Å². The van der Waals surface area contributed by atoms with Crippen LogP contribution in [0.5, 0.6) is 0 Å². The first kappa shape index (κ1) is 12.5. The number of fused-ring (bicyclic) bond motifs is 1. The van der Waals surface area contributed by atoms with Gasteiger partial charge in [-0.25, -0.2) is 9.97 Å². The van der Waals surface area contributed by atoms with E-state index in [0.29, 0.717) is 0 Å². The van der Waals surface area contributed by atoms with Gasteiger partial charge in [0.2, 0.25) is 0 Å². The summed E-state index contributed by atoms with van der Waals surface area (Å²) < 4.78 is 0. The van der Waals surface area contributed by atoms with Crippen LogP contribution < -0.4 is 5.32 Å². The van der Waals surface area contributed by atoms with E-state index < -0.39 is 0 Å². The van der Waals surface area contributed by atoms with Crippen molar-refractivity contribution in [3.8, 4) is 11.3 Å². The number of anilines is 1. The van der Waals surface area contributed by atoms with Crippen LogP contribution in [-0.2, 0) is 0 Å². The van der Waals surface area contributed by atoms with Crippen LogP contribution in [0.3, 0.4) is 0 Å². The molecule has 0 bridgehead atoms. The second-order valence-electron chi connectivity index (χ2n) is 4.62. The van der Waals surface area contributed by atoms with Gasteiger partial charge in [-0.05, 0) is 17.9 Å². The molecule has 2 aromatic heterocycles. The van der Waals surface area contributed by atoms with E-state index in [1.807, 2.05) is 24.4 Å². The van der Waals surface area contributed by atoms with E-state index in [-0.39, 0.29) is 0 Å². The third kappa shape index (κ3) is 2.45.